The van der Waals surface area contributed by atoms with Gasteiger partial charge in [0, 0.05) is 24.7 Å². The van der Waals surface area contributed by atoms with Gasteiger partial charge in [0.25, 0.3) is 0 Å². The van der Waals surface area contributed by atoms with Crippen molar-refractivity contribution in [1.29, 1.82) is 0 Å². The van der Waals surface area contributed by atoms with Crippen LogP contribution in [0.4, 0.5) is 4.39 Å². The monoisotopic (exact) mass is 402 g/mol. The number of nitrogens with one attached hydrogen (secondary N) is 1. The molecule has 0 bridgehead atoms. The van der Waals surface area contributed by atoms with E-state index in [0.717, 1.165) is 11.1 Å². The Morgan fingerprint density at radius 3 is 2.77 bits per heavy atom. The van der Waals surface area contributed by atoms with Gasteiger partial charge in [-0.25, -0.2) is 9.18 Å². The molecule has 7 nitrogen and oxygen atoms in total. The predicted octanol–water partition coefficient (Wildman–Crippen LogP) is 4.75. The van der Waals surface area contributed by atoms with Crippen LogP contribution in [0.5, 0.6) is 11.5 Å². The lowest BCUT2D eigenvalue weighted by Crippen LogP contribution is -1.98. The maximum atomic E-state index is 13.9. The fraction of sp³-hybridized carbons (Fsp3) is 0.0455. The number of carboxylic acid groups (broad SMARTS) is 1. The van der Waals surface area contributed by atoms with Crippen LogP contribution in [0.1, 0.15) is 10.4 Å². The molecule has 0 radical (unpaired) electrons. The quantitative estimate of drug-likeness (QED) is 0.453. The molecule has 0 aliphatic rings. The summed E-state index contributed by atoms with van der Waals surface area (Å²) in [5.74, 6) is -0.876. The number of hydrogen-bond donors (Lipinski definition) is 2. The number of fused-ring (bicyclic) bond motifs is 2. The van der Waals surface area contributed by atoms with Crippen LogP contribution in [0, 0.1) is 5.82 Å². The molecule has 2 aromatic carbocycles. The molecular weight excluding hydrogens is 387 g/mol. The van der Waals surface area contributed by atoms with Crippen molar-refractivity contribution in [3.8, 4) is 22.9 Å². The van der Waals surface area contributed by atoms with Gasteiger partial charge >= 0.3 is 5.97 Å². The number of hydrogen-bond acceptors (Lipinski definition) is 4. The molecule has 0 aliphatic carbocycles. The summed E-state index contributed by atoms with van der Waals surface area (Å²) in [4.78, 5) is 18.9. The van der Waals surface area contributed by atoms with E-state index in [4.69, 9.17) is 4.74 Å². The number of nitrogens with zero attached hydrogens (tertiary/aromatic N) is 3. The Morgan fingerprint density at radius 1 is 1.13 bits per heavy atom. The average molecular weight is 402 g/mol. The summed E-state index contributed by atoms with van der Waals surface area (Å²) in [5.41, 5.74) is 3.29. The topological polar surface area (TPSA) is 93.0 Å². The van der Waals surface area contributed by atoms with Gasteiger partial charge in [0.05, 0.1) is 33.5 Å². The van der Waals surface area contributed by atoms with Gasteiger partial charge in [-0.2, -0.15) is 5.10 Å². The van der Waals surface area contributed by atoms with Gasteiger partial charge in [0.1, 0.15) is 5.75 Å². The van der Waals surface area contributed by atoms with Crippen molar-refractivity contribution >= 4 is 27.9 Å². The highest BCUT2D eigenvalue weighted by Gasteiger charge is 2.18. The molecule has 5 aromatic rings. The summed E-state index contributed by atoms with van der Waals surface area (Å²) < 4.78 is 21.2. The zero-order valence-electron chi connectivity index (χ0n) is 15.8. The molecule has 0 unspecified atom stereocenters. The van der Waals surface area contributed by atoms with Crippen molar-refractivity contribution in [1.82, 2.24) is 19.7 Å². The molecule has 8 heteroatoms. The molecule has 0 amide bonds. The molecule has 0 spiro atoms. The Hall–Kier alpha value is -4.20. The number of pyridine rings is 1. The normalized spacial score (nSPS) is 11.3. The molecule has 148 valence electrons. The minimum Gasteiger partial charge on any atom is -0.478 e. The first kappa shape index (κ1) is 17.9. The highest BCUT2D eigenvalue weighted by Crippen LogP contribution is 2.33. The number of aryl methyl sites for hydroxylation is 1. The number of aromatic nitrogens is 4. The number of halogens is 1. The van der Waals surface area contributed by atoms with E-state index in [2.05, 4.69) is 15.1 Å². The van der Waals surface area contributed by atoms with Crippen LogP contribution < -0.4 is 4.74 Å². The van der Waals surface area contributed by atoms with Gasteiger partial charge in [-0.3, -0.25) is 9.67 Å². The lowest BCUT2D eigenvalue weighted by Gasteiger charge is -2.06. The summed E-state index contributed by atoms with van der Waals surface area (Å²) in [6, 6.07) is 14.7. The molecule has 0 saturated carbocycles. The van der Waals surface area contributed by atoms with Gasteiger partial charge < -0.3 is 14.8 Å². The number of rotatable bonds is 4. The fourth-order valence-electron chi connectivity index (χ4n) is 3.55. The van der Waals surface area contributed by atoms with Crippen molar-refractivity contribution in [3.05, 3.63) is 72.2 Å². The van der Waals surface area contributed by atoms with E-state index in [0.29, 0.717) is 28.0 Å². The molecule has 0 atom stereocenters. The third kappa shape index (κ3) is 2.86. The van der Waals surface area contributed by atoms with Crippen molar-refractivity contribution in [2.45, 2.75) is 0 Å². The number of aromatic carboxylic acids is 1. The lowest BCUT2D eigenvalue weighted by atomic mass is 10.1. The average Bonchev–Trinajstić information content (AvgIpc) is 3.28. The van der Waals surface area contributed by atoms with Gasteiger partial charge in [-0.05, 0) is 36.4 Å². The van der Waals surface area contributed by atoms with Crippen LogP contribution in [-0.2, 0) is 7.05 Å². The van der Waals surface area contributed by atoms with E-state index in [1.54, 1.807) is 48.1 Å². The number of H-pyrrole nitrogens is 1. The van der Waals surface area contributed by atoms with Crippen LogP contribution in [0.25, 0.3) is 33.3 Å². The minimum atomic E-state index is -1.03. The Kier molecular flexibility index (Phi) is 3.99. The summed E-state index contributed by atoms with van der Waals surface area (Å²) in [5, 5.41) is 14.8. The van der Waals surface area contributed by atoms with E-state index in [1.807, 2.05) is 6.07 Å². The number of carbonyl (C=O) groups is 1. The van der Waals surface area contributed by atoms with Crippen LogP contribution in [0.3, 0.4) is 0 Å². The second-order valence-corrected chi connectivity index (χ2v) is 6.79. The SMILES string of the molecule is Cn1nc2cc(Oc3ccccc3F)ccc2c1-c1cc2nccc(C(=O)O)c2[nH]1. The lowest BCUT2D eigenvalue weighted by molar-refractivity contribution is 0.0698. The van der Waals surface area contributed by atoms with Crippen molar-refractivity contribution in [2.24, 2.45) is 7.05 Å². The van der Waals surface area contributed by atoms with E-state index >= 15 is 0 Å². The third-order valence-corrected chi connectivity index (χ3v) is 4.88. The Balaban J connectivity index is 1.60. The standard InChI is InChI=1S/C22H15FN4O3/c1-27-21(18-11-17-20(25-18)14(22(28)29)8-9-24-17)13-7-6-12(10-16(13)26-27)30-19-5-3-2-4-15(19)23/h2-11,25H,1H3,(H,28,29). The van der Waals surface area contributed by atoms with Crippen LogP contribution in [0.2, 0.25) is 0 Å². The minimum absolute atomic E-state index is 0.135. The number of benzene rings is 2. The van der Waals surface area contributed by atoms with Gasteiger partial charge in [0.15, 0.2) is 11.6 Å². The second kappa shape index (κ2) is 6.70. The molecule has 2 N–H and O–H groups in total. The summed E-state index contributed by atoms with van der Waals surface area (Å²) in [7, 11) is 1.80. The number of aromatic amines is 1. The second-order valence-electron chi connectivity index (χ2n) is 6.79. The number of ether oxygens (including phenoxy) is 1. The Bertz CT molecular complexity index is 1440. The van der Waals surface area contributed by atoms with Gasteiger partial charge in [0.2, 0.25) is 0 Å². The molecular formula is C22H15FN4O3. The molecule has 0 saturated heterocycles. The van der Waals surface area contributed by atoms with Crippen LogP contribution in [0.15, 0.2) is 60.8 Å². The smallest absolute Gasteiger partial charge is 0.337 e. The van der Waals surface area contributed by atoms with Gasteiger partial charge in [-0.15, -0.1) is 0 Å². The van der Waals surface area contributed by atoms with Crippen LogP contribution in [-0.4, -0.2) is 30.8 Å². The molecule has 3 heterocycles. The van der Waals surface area contributed by atoms with E-state index in [9.17, 15) is 14.3 Å². The molecule has 0 fully saturated rings. The fourth-order valence-corrected chi connectivity index (χ4v) is 3.55. The number of carboxylic acids is 1. The molecule has 5 rings (SSSR count). The van der Waals surface area contributed by atoms with Crippen LogP contribution >= 0.6 is 0 Å². The molecule has 30 heavy (non-hydrogen) atoms. The van der Waals surface area contributed by atoms with Crippen molar-refractivity contribution < 1.29 is 19.0 Å². The maximum absolute atomic E-state index is 13.9. The van der Waals surface area contributed by atoms with E-state index < -0.39 is 11.8 Å². The first-order chi connectivity index (χ1) is 14.5. The Labute approximate surface area is 169 Å². The summed E-state index contributed by atoms with van der Waals surface area (Å²) >= 11 is 0. The molecule has 0 aliphatic heterocycles. The Morgan fingerprint density at radius 2 is 1.97 bits per heavy atom. The van der Waals surface area contributed by atoms with Crippen molar-refractivity contribution in [3.63, 3.8) is 0 Å². The number of para-hydroxylation sites is 1. The highest BCUT2D eigenvalue weighted by molar-refractivity contribution is 6.03. The van der Waals surface area contributed by atoms with E-state index in [1.165, 1.54) is 18.3 Å². The summed E-state index contributed by atoms with van der Waals surface area (Å²) in [6.07, 6.45) is 1.47. The first-order valence-corrected chi connectivity index (χ1v) is 9.12. The highest BCUT2D eigenvalue weighted by atomic mass is 19.1. The third-order valence-electron chi connectivity index (χ3n) is 4.88. The zero-order valence-corrected chi connectivity index (χ0v) is 15.8. The van der Waals surface area contributed by atoms with E-state index in [-0.39, 0.29) is 11.3 Å². The largest absolute Gasteiger partial charge is 0.478 e. The zero-order chi connectivity index (χ0) is 20.8. The predicted molar refractivity (Wildman–Crippen MR) is 109 cm³/mol. The van der Waals surface area contributed by atoms with Gasteiger partial charge in [-0.1, -0.05) is 12.1 Å². The molecule has 3 aromatic heterocycles. The van der Waals surface area contributed by atoms with Crippen molar-refractivity contribution in [2.75, 3.05) is 0 Å². The summed E-state index contributed by atoms with van der Waals surface area (Å²) in [6.45, 7) is 0. The first-order valence-electron chi connectivity index (χ1n) is 9.12. The maximum Gasteiger partial charge on any atom is 0.337 e.